The number of hydrogen-bond donors (Lipinski definition) is 1. The first-order valence-corrected chi connectivity index (χ1v) is 12.2. The molecule has 8 nitrogen and oxygen atoms in total. The van der Waals surface area contributed by atoms with Crippen LogP contribution >= 0.6 is 0 Å². The van der Waals surface area contributed by atoms with Crippen LogP contribution in [-0.2, 0) is 10.1 Å². The van der Waals surface area contributed by atoms with Crippen molar-refractivity contribution in [2.45, 2.75) is 4.90 Å². The van der Waals surface area contributed by atoms with Gasteiger partial charge in [-0.2, -0.15) is 8.42 Å². The van der Waals surface area contributed by atoms with Gasteiger partial charge in [0.1, 0.15) is 35.5 Å². The molecule has 0 saturated heterocycles. The Labute approximate surface area is 200 Å². The molecule has 5 rings (SSSR count). The number of rotatable bonds is 3. The zero-order chi connectivity index (χ0) is 25.1. The minimum absolute atomic E-state index is 0.0938. The summed E-state index contributed by atoms with van der Waals surface area (Å²) in [7, 11) is 2.96. The van der Waals surface area contributed by atoms with Gasteiger partial charge in [-0.15, -0.1) is 0 Å². The summed E-state index contributed by atoms with van der Waals surface area (Å²) in [5, 5.41) is 2.01. The maximum atomic E-state index is 13.4. The van der Waals surface area contributed by atoms with Crippen LogP contribution in [0, 0.1) is 0 Å². The van der Waals surface area contributed by atoms with E-state index in [2.05, 4.69) is 0 Å². The monoisotopic (exact) mass is 491 g/mol. The fraction of sp³-hybridized carbons (Fsp3) is 0.154. The molecule has 2 aromatic heterocycles. The third-order valence-corrected chi connectivity index (χ3v) is 6.92. The van der Waals surface area contributed by atoms with Gasteiger partial charge in [0.25, 0.3) is 10.1 Å². The van der Waals surface area contributed by atoms with Crippen molar-refractivity contribution in [1.82, 2.24) is 4.58 Å². The van der Waals surface area contributed by atoms with Crippen molar-refractivity contribution in [3.63, 3.8) is 0 Å². The molecule has 0 aliphatic rings. The Kier molecular flexibility index (Phi) is 5.26. The van der Waals surface area contributed by atoms with Crippen molar-refractivity contribution < 1.29 is 21.8 Å². The second kappa shape index (κ2) is 8.07. The summed E-state index contributed by atoms with van der Waals surface area (Å²) in [5.74, 6) is 0. The predicted octanol–water partition coefficient (Wildman–Crippen LogP) is 3.70. The zero-order valence-corrected chi connectivity index (χ0v) is 20.4. The van der Waals surface area contributed by atoms with Gasteiger partial charge in [-0.1, -0.05) is 18.2 Å². The summed E-state index contributed by atoms with van der Waals surface area (Å²) in [5.41, 5.74) is 1.73. The lowest BCUT2D eigenvalue weighted by Gasteiger charge is -2.16. The van der Waals surface area contributed by atoms with Gasteiger partial charge in [-0.3, -0.25) is 4.55 Å². The van der Waals surface area contributed by atoms with Crippen LogP contribution in [0.4, 0.5) is 5.69 Å². The Morgan fingerprint density at radius 1 is 0.886 bits per heavy atom. The SMILES string of the molecule is CN(C)c1ccc2c(-c3ccccc3S(=O)(=O)O)c3c(=O)oc4cc(=[N+](C)C)ccc4c3oc2c1. The largest absolute Gasteiger partial charge is 0.455 e. The van der Waals surface area contributed by atoms with Crippen LogP contribution in [0.25, 0.3) is 44.0 Å². The first-order valence-electron chi connectivity index (χ1n) is 10.8. The Morgan fingerprint density at radius 2 is 1.57 bits per heavy atom. The summed E-state index contributed by atoms with van der Waals surface area (Å²) in [6, 6.07) is 16.9. The van der Waals surface area contributed by atoms with Gasteiger partial charge in [-0.25, -0.2) is 9.37 Å². The van der Waals surface area contributed by atoms with Crippen LogP contribution in [0.2, 0.25) is 0 Å². The van der Waals surface area contributed by atoms with E-state index in [1.807, 2.05) is 55.9 Å². The molecular formula is C26H23N2O6S+. The summed E-state index contributed by atoms with van der Waals surface area (Å²) in [6.07, 6.45) is 0. The van der Waals surface area contributed by atoms with Crippen LogP contribution in [0.1, 0.15) is 0 Å². The highest BCUT2D eigenvalue weighted by atomic mass is 32.2. The summed E-state index contributed by atoms with van der Waals surface area (Å²) < 4.78 is 48.4. The Morgan fingerprint density at radius 3 is 2.26 bits per heavy atom. The maximum Gasteiger partial charge on any atom is 0.348 e. The molecule has 0 aliphatic heterocycles. The molecule has 0 atom stereocenters. The maximum absolute atomic E-state index is 13.4. The lowest BCUT2D eigenvalue weighted by molar-refractivity contribution is 0.483. The first-order chi connectivity index (χ1) is 16.6. The van der Waals surface area contributed by atoms with Gasteiger partial charge in [-0.05, 0) is 24.3 Å². The van der Waals surface area contributed by atoms with Gasteiger partial charge in [0.2, 0.25) is 5.36 Å². The van der Waals surface area contributed by atoms with E-state index in [4.69, 9.17) is 8.83 Å². The molecule has 0 radical (unpaired) electrons. The van der Waals surface area contributed by atoms with Gasteiger partial charge in [0.05, 0.1) is 11.5 Å². The Bertz CT molecular complexity index is 1900. The fourth-order valence-corrected chi connectivity index (χ4v) is 4.96. The third-order valence-electron chi connectivity index (χ3n) is 6.01. The number of benzene rings is 3. The summed E-state index contributed by atoms with van der Waals surface area (Å²) >= 11 is 0. The van der Waals surface area contributed by atoms with Crippen molar-refractivity contribution in [2.24, 2.45) is 0 Å². The van der Waals surface area contributed by atoms with E-state index >= 15 is 0 Å². The van der Waals surface area contributed by atoms with E-state index < -0.39 is 15.7 Å². The molecule has 2 heterocycles. The molecule has 0 spiro atoms. The predicted molar refractivity (Wildman–Crippen MR) is 136 cm³/mol. The lowest BCUT2D eigenvalue weighted by atomic mass is 9.97. The normalized spacial score (nSPS) is 11.9. The van der Waals surface area contributed by atoms with Crippen LogP contribution in [-0.4, -0.2) is 41.2 Å². The van der Waals surface area contributed by atoms with Gasteiger partial charge >= 0.3 is 5.63 Å². The van der Waals surface area contributed by atoms with E-state index in [0.29, 0.717) is 27.5 Å². The molecule has 35 heavy (non-hydrogen) atoms. The van der Waals surface area contributed by atoms with Crippen molar-refractivity contribution in [1.29, 1.82) is 0 Å². The second-order valence-electron chi connectivity index (χ2n) is 8.69. The summed E-state index contributed by atoms with van der Waals surface area (Å²) in [6.45, 7) is 0. The quantitative estimate of drug-likeness (QED) is 0.135. The van der Waals surface area contributed by atoms with Crippen molar-refractivity contribution in [3.8, 4) is 11.1 Å². The molecule has 0 unspecified atom stereocenters. The topological polar surface area (TPSA) is 104 Å². The number of anilines is 1. The molecule has 0 fully saturated rings. The second-order valence-corrected chi connectivity index (χ2v) is 10.1. The number of fused-ring (bicyclic) bond motifs is 4. The van der Waals surface area contributed by atoms with E-state index in [1.165, 1.54) is 12.1 Å². The highest BCUT2D eigenvalue weighted by molar-refractivity contribution is 7.86. The van der Waals surface area contributed by atoms with E-state index in [0.717, 1.165) is 11.0 Å². The molecule has 0 amide bonds. The molecule has 3 aromatic carbocycles. The average molecular weight is 492 g/mol. The van der Waals surface area contributed by atoms with Crippen molar-refractivity contribution in [3.05, 3.63) is 76.4 Å². The van der Waals surface area contributed by atoms with Gasteiger partial charge in [0, 0.05) is 48.4 Å². The zero-order valence-electron chi connectivity index (χ0n) is 19.6. The Hall–Kier alpha value is -3.95. The molecule has 1 N–H and O–H groups in total. The van der Waals surface area contributed by atoms with E-state index in [-0.39, 0.29) is 21.4 Å². The highest BCUT2D eigenvalue weighted by Gasteiger charge is 2.24. The molecule has 5 aromatic rings. The van der Waals surface area contributed by atoms with Gasteiger partial charge < -0.3 is 13.7 Å². The Balaban J connectivity index is 2.07. The van der Waals surface area contributed by atoms with Crippen molar-refractivity contribution in [2.75, 3.05) is 33.1 Å². The van der Waals surface area contributed by atoms with Crippen LogP contribution in [0.5, 0.6) is 0 Å². The van der Waals surface area contributed by atoms with Gasteiger partial charge in [0.15, 0.2) is 5.58 Å². The average Bonchev–Trinajstić information content (AvgIpc) is 2.81. The number of nitrogens with zero attached hydrogens (tertiary/aromatic N) is 2. The molecule has 0 aliphatic carbocycles. The molecule has 178 valence electrons. The van der Waals surface area contributed by atoms with Crippen LogP contribution < -0.4 is 20.5 Å². The standard InChI is InChI=1S/C26H22N2O6S/c1-27(2)15-9-11-17-20(13-15)33-25-18-12-10-16(28(3)4)14-21(18)34-26(29)24(25)23(17)19-7-5-6-8-22(19)35(30,31)32/h5-14H,1-4H3/p+1. The number of hydrogen-bond acceptors (Lipinski definition) is 6. The molecule has 9 heteroatoms. The third kappa shape index (κ3) is 3.78. The molecular weight excluding hydrogens is 468 g/mol. The first kappa shape index (κ1) is 22.8. The fourth-order valence-electron chi connectivity index (χ4n) is 4.26. The minimum atomic E-state index is -4.59. The van der Waals surface area contributed by atoms with Crippen LogP contribution in [0.15, 0.2) is 79.2 Å². The van der Waals surface area contributed by atoms with E-state index in [1.54, 1.807) is 30.3 Å². The molecule has 0 bridgehead atoms. The van der Waals surface area contributed by atoms with Crippen LogP contribution in [0.3, 0.4) is 0 Å². The molecule has 0 saturated carbocycles. The summed E-state index contributed by atoms with van der Waals surface area (Å²) in [4.78, 5) is 15.0. The lowest BCUT2D eigenvalue weighted by Crippen LogP contribution is -2.20. The van der Waals surface area contributed by atoms with E-state index in [9.17, 15) is 17.8 Å². The smallest absolute Gasteiger partial charge is 0.348 e. The highest BCUT2D eigenvalue weighted by Crippen LogP contribution is 2.40. The minimum Gasteiger partial charge on any atom is -0.455 e. The van der Waals surface area contributed by atoms with Crippen molar-refractivity contribution >= 4 is 48.7 Å².